The van der Waals surface area contributed by atoms with Crippen LogP contribution in [0.15, 0.2) is 36.7 Å². The van der Waals surface area contributed by atoms with Crippen molar-refractivity contribution in [3.8, 4) is 23.1 Å². The molecule has 2 aliphatic rings. The number of carbonyl (C=O) groups excluding carboxylic acids is 4. The van der Waals surface area contributed by atoms with Gasteiger partial charge in [0, 0.05) is 18.7 Å². The monoisotopic (exact) mass is 686 g/mol. The summed E-state index contributed by atoms with van der Waals surface area (Å²) in [5.41, 5.74) is 3.18. The molecule has 4 amide bonds. The summed E-state index contributed by atoms with van der Waals surface area (Å²) < 4.78 is 9.45. The second kappa shape index (κ2) is 15.9. The van der Waals surface area contributed by atoms with Crippen molar-refractivity contribution in [2.75, 3.05) is 27.3 Å². The fourth-order valence-corrected chi connectivity index (χ4v) is 6.48. The summed E-state index contributed by atoms with van der Waals surface area (Å²) in [6.07, 6.45) is 5.36. The van der Waals surface area contributed by atoms with Crippen molar-refractivity contribution in [2.24, 2.45) is 11.8 Å². The Bertz CT molecular complexity index is 1740. The summed E-state index contributed by atoms with van der Waals surface area (Å²) in [4.78, 5) is 70.0. The molecule has 2 aromatic heterocycles. The maximum absolute atomic E-state index is 13.5. The van der Waals surface area contributed by atoms with Crippen LogP contribution in [0.25, 0.3) is 11.3 Å². The molecule has 50 heavy (non-hydrogen) atoms. The lowest BCUT2D eigenvalue weighted by Gasteiger charge is -2.30. The summed E-state index contributed by atoms with van der Waals surface area (Å²) in [6.45, 7) is 8.70. The molecule has 2 unspecified atom stereocenters. The summed E-state index contributed by atoms with van der Waals surface area (Å²) in [7, 11) is 2.56. The van der Waals surface area contributed by atoms with E-state index in [4.69, 9.17) is 9.47 Å². The molecule has 0 saturated carbocycles. The minimum Gasteiger partial charge on any atom is -0.453 e. The van der Waals surface area contributed by atoms with Crippen LogP contribution >= 0.6 is 0 Å². The van der Waals surface area contributed by atoms with Crippen molar-refractivity contribution in [2.45, 2.75) is 77.5 Å². The maximum atomic E-state index is 13.5. The highest BCUT2D eigenvalue weighted by Crippen LogP contribution is 2.33. The van der Waals surface area contributed by atoms with Crippen molar-refractivity contribution < 1.29 is 28.7 Å². The van der Waals surface area contributed by atoms with Crippen molar-refractivity contribution >= 4 is 24.0 Å². The van der Waals surface area contributed by atoms with Crippen LogP contribution in [0, 0.1) is 23.7 Å². The van der Waals surface area contributed by atoms with Gasteiger partial charge < -0.3 is 39.9 Å². The van der Waals surface area contributed by atoms with Gasteiger partial charge in [0.05, 0.1) is 44.4 Å². The number of H-pyrrole nitrogens is 2. The van der Waals surface area contributed by atoms with Gasteiger partial charge in [0.25, 0.3) is 0 Å². The molecule has 2 fully saturated rings. The molecule has 5 rings (SSSR count). The van der Waals surface area contributed by atoms with Gasteiger partial charge >= 0.3 is 12.2 Å². The minimum atomic E-state index is -0.700. The average Bonchev–Trinajstić information content (AvgIpc) is 3.94. The number of rotatable bonds is 9. The zero-order valence-corrected chi connectivity index (χ0v) is 29.4. The molecule has 14 heteroatoms. The molecule has 0 spiro atoms. The smallest absolute Gasteiger partial charge is 0.407 e. The van der Waals surface area contributed by atoms with Crippen LogP contribution in [0.3, 0.4) is 0 Å². The number of aromatic nitrogens is 4. The fourth-order valence-electron chi connectivity index (χ4n) is 6.48. The lowest BCUT2D eigenvalue weighted by Crippen LogP contribution is -2.51. The first-order valence-electron chi connectivity index (χ1n) is 17.0. The Kier molecular flexibility index (Phi) is 11.5. The van der Waals surface area contributed by atoms with Gasteiger partial charge in [-0.05, 0) is 61.1 Å². The van der Waals surface area contributed by atoms with Gasteiger partial charge in [0.1, 0.15) is 29.4 Å². The number of imidazole rings is 2. The van der Waals surface area contributed by atoms with E-state index in [0.29, 0.717) is 30.4 Å². The molecule has 0 bridgehead atoms. The largest absolute Gasteiger partial charge is 0.453 e. The van der Waals surface area contributed by atoms with Gasteiger partial charge in [0.15, 0.2) is 0 Å². The van der Waals surface area contributed by atoms with Gasteiger partial charge in [0.2, 0.25) is 11.8 Å². The van der Waals surface area contributed by atoms with E-state index in [1.54, 1.807) is 22.2 Å². The summed E-state index contributed by atoms with van der Waals surface area (Å²) >= 11 is 0. The van der Waals surface area contributed by atoms with E-state index in [1.165, 1.54) is 14.2 Å². The molecule has 266 valence electrons. The Hall–Kier alpha value is -5.32. The third-order valence-corrected chi connectivity index (χ3v) is 9.21. The Labute approximate surface area is 292 Å². The standard InChI is InChI=1S/C36H46N8O6/c1-21(2)29(41-35(47)49-5)33(45)43-17-7-9-27(43)31-37-19-25(39-31)16-13-23-11-14-24(15-12-23)26-20-38-32(40-26)28-10-8-18-44(28)34(46)30(22(3)4)42-36(48)50-6/h11-12,14-15,19-22,27-30H,7-10,17-18H2,1-6H3,(H,37,39)(H,38,40)(H,41,47)(H,42,48)/t27-,28-,29?,30?/m0/s1. The predicted molar refractivity (Wildman–Crippen MR) is 184 cm³/mol. The quantitative estimate of drug-likeness (QED) is 0.241. The second-order valence-electron chi connectivity index (χ2n) is 13.3. The van der Waals surface area contributed by atoms with Crippen LogP contribution in [-0.4, -0.2) is 93.1 Å². The third kappa shape index (κ3) is 8.10. The number of aromatic amines is 2. The lowest BCUT2D eigenvalue weighted by molar-refractivity contribution is -0.136. The number of alkyl carbamates (subject to hydrolysis) is 2. The molecule has 0 radical (unpaired) electrons. The van der Waals surface area contributed by atoms with Gasteiger partial charge in [-0.3, -0.25) is 9.59 Å². The van der Waals surface area contributed by atoms with Crippen molar-refractivity contribution in [3.63, 3.8) is 0 Å². The minimum absolute atomic E-state index is 0.110. The third-order valence-electron chi connectivity index (χ3n) is 9.21. The Morgan fingerprint density at radius 2 is 1.26 bits per heavy atom. The first-order valence-corrected chi connectivity index (χ1v) is 17.0. The molecule has 14 nitrogen and oxygen atoms in total. The van der Waals surface area contributed by atoms with E-state index in [2.05, 4.69) is 42.4 Å². The second-order valence-corrected chi connectivity index (χ2v) is 13.3. The fraction of sp³-hybridized carbons (Fsp3) is 0.500. The van der Waals surface area contributed by atoms with E-state index < -0.39 is 24.3 Å². The van der Waals surface area contributed by atoms with Gasteiger partial charge in [-0.25, -0.2) is 19.6 Å². The summed E-state index contributed by atoms with van der Waals surface area (Å²) in [5, 5.41) is 5.34. The number of hydrogen-bond acceptors (Lipinski definition) is 8. The molecular formula is C36H46N8O6. The van der Waals surface area contributed by atoms with Gasteiger partial charge in [-0.2, -0.15) is 0 Å². The van der Waals surface area contributed by atoms with Crippen LogP contribution in [0.2, 0.25) is 0 Å². The number of ether oxygens (including phenoxy) is 2. The summed E-state index contributed by atoms with van der Waals surface area (Å²) in [5.74, 6) is 7.13. The first-order chi connectivity index (χ1) is 24.0. The molecule has 2 aliphatic heterocycles. The molecule has 1 aromatic carbocycles. The molecule has 2 saturated heterocycles. The zero-order chi connectivity index (χ0) is 35.9. The number of likely N-dealkylation sites (tertiary alicyclic amines) is 2. The highest BCUT2D eigenvalue weighted by Gasteiger charge is 2.38. The van der Waals surface area contributed by atoms with E-state index in [0.717, 1.165) is 42.5 Å². The van der Waals surface area contributed by atoms with E-state index in [-0.39, 0.29) is 35.7 Å². The SMILES string of the molecule is COC(=O)NC(C(=O)N1CCC[C@H]1c1ncc(C#Cc2ccc(-c3cnc([C@@H]4CCCN4C(=O)C(NC(=O)OC)C(C)C)[nH]3)cc2)[nH]1)C(C)C. The predicted octanol–water partition coefficient (Wildman–Crippen LogP) is 4.29. The number of carbonyl (C=O) groups is 4. The number of nitrogens with zero attached hydrogens (tertiary/aromatic N) is 4. The van der Waals surface area contributed by atoms with Crippen molar-refractivity contribution in [1.29, 1.82) is 0 Å². The van der Waals surface area contributed by atoms with E-state index >= 15 is 0 Å². The number of amides is 4. The van der Waals surface area contributed by atoms with Crippen LogP contribution < -0.4 is 10.6 Å². The molecule has 3 aromatic rings. The topological polar surface area (TPSA) is 175 Å². The number of hydrogen-bond donors (Lipinski definition) is 4. The number of methoxy groups -OCH3 is 2. The normalized spacial score (nSPS) is 18.4. The van der Waals surface area contributed by atoms with Gasteiger partial charge in [-0.15, -0.1) is 0 Å². The Balaban J connectivity index is 1.23. The van der Waals surface area contributed by atoms with Crippen molar-refractivity contribution in [3.05, 3.63) is 59.6 Å². The Morgan fingerprint density at radius 3 is 1.76 bits per heavy atom. The summed E-state index contributed by atoms with van der Waals surface area (Å²) in [6, 6.07) is 5.92. The molecular weight excluding hydrogens is 640 g/mol. The van der Waals surface area contributed by atoms with E-state index in [9.17, 15) is 19.2 Å². The zero-order valence-electron chi connectivity index (χ0n) is 29.4. The van der Waals surface area contributed by atoms with Crippen LogP contribution in [0.4, 0.5) is 9.59 Å². The average molecular weight is 687 g/mol. The van der Waals surface area contributed by atoms with Crippen molar-refractivity contribution in [1.82, 2.24) is 40.4 Å². The highest BCUT2D eigenvalue weighted by molar-refractivity contribution is 5.87. The van der Waals surface area contributed by atoms with Crippen LogP contribution in [0.5, 0.6) is 0 Å². The number of nitrogens with one attached hydrogen (secondary N) is 4. The molecule has 4 N–H and O–H groups in total. The molecule has 4 atom stereocenters. The highest BCUT2D eigenvalue weighted by atomic mass is 16.5. The molecule has 0 aliphatic carbocycles. The first kappa shape index (κ1) is 36.0. The Morgan fingerprint density at radius 1 is 0.760 bits per heavy atom. The van der Waals surface area contributed by atoms with Crippen LogP contribution in [0.1, 0.15) is 88.4 Å². The lowest BCUT2D eigenvalue weighted by atomic mass is 10.0. The van der Waals surface area contributed by atoms with E-state index in [1.807, 2.05) is 52.0 Å². The van der Waals surface area contributed by atoms with Crippen LogP contribution in [-0.2, 0) is 19.1 Å². The number of benzene rings is 1. The van der Waals surface area contributed by atoms with Gasteiger partial charge in [-0.1, -0.05) is 45.7 Å². The molecule has 4 heterocycles. The maximum Gasteiger partial charge on any atom is 0.407 e.